The van der Waals surface area contributed by atoms with E-state index in [1.807, 2.05) is 48.5 Å². The van der Waals surface area contributed by atoms with Crippen LogP contribution in [-0.4, -0.2) is 52.5 Å². The van der Waals surface area contributed by atoms with Crippen molar-refractivity contribution in [1.82, 2.24) is 15.6 Å². The molecule has 1 aromatic heterocycles. The summed E-state index contributed by atoms with van der Waals surface area (Å²) in [7, 11) is 0. The van der Waals surface area contributed by atoms with Crippen molar-refractivity contribution in [2.45, 2.75) is 11.8 Å². The predicted octanol–water partition coefficient (Wildman–Crippen LogP) is 2.88. The lowest BCUT2D eigenvalue weighted by molar-refractivity contribution is -0.163. The number of halogens is 2. The maximum atomic E-state index is 13.2. The smallest absolute Gasteiger partial charge is 0.412 e. The van der Waals surface area contributed by atoms with E-state index in [9.17, 15) is 23.2 Å². The van der Waals surface area contributed by atoms with Crippen LogP contribution in [0.15, 0.2) is 53.2 Å². The number of amides is 2. The van der Waals surface area contributed by atoms with E-state index in [0.29, 0.717) is 0 Å². The number of carboxylic acid groups (broad SMARTS) is 1. The largest absolute Gasteiger partial charge is 0.477 e. The van der Waals surface area contributed by atoms with E-state index in [2.05, 4.69) is 20.3 Å². The maximum Gasteiger partial charge on any atom is 0.412 e. The van der Waals surface area contributed by atoms with Crippen LogP contribution in [0.4, 0.5) is 19.4 Å². The summed E-state index contributed by atoms with van der Waals surface area (Å²) in [4.78, 5) is 34.8. The Morgan fingerprint density at radius 3 is 2.24 bits per heavy atom. The number of fused-ring (bicyclic) bond motifs is 3. The molecule has 2 aromatic carbocycles. The fourth-order valence-corrected chi connectivity index (χ4v) is 3.50. The molecule has 0 atom stereocenters. The topological polar surface area (TPSA) is 144 Å². The zero-order valence-electron chi connectivity index (χ0n) is 16.7. The van der Waals surface area contributed by atoms with Gasteiger partial charge in [0.05, 0.1) is 6.54 Å². The molecular formula is C21H16F2N4O6. The number of rotatable bonds is 7. The highest BCUT2D eigenvalue weighted by atomic mass is 19.3. The van der Waals surface area contributed by atoms with E-state index in [4.69, 9.17) is 9.84 Å². The first kappa shape index (κ1) is 21.9. The number of carbonyl (C=O) groups is 3. The molecule has 0 bridgehead atoms. The second-order valence-electron chi connectivity index (χ2n) is 7.10. The minimum atomic E-state index is -4.19. The molecule has 12 heteroatoms. The second-order valence-corrected chi connectivity index (χ2v) is 7.10. The average Bonchev–Trinajstić information content (AvgIpc) is 3.38. The Morgan fingerprint density at radius 2 is 1.64 bits per heavy atom. The average molecular weight is 458 g/mol. The molecule has 4 rings (SSSR count). The van der Waals surface area contributed by atoms with Crippen LogP contribution in [0, 0.1) is 0 Å². The number of carboxylic acids is 1. The van der Waals surface area contributed by atoms with Crippen molar-refractivity contribution in [3.05, 3.63) is 65.4 Å². The van der Waals surface area contributed by atoms with Gasteiger partial charge in [-0.05, 0) is 32.6 Å². The van der Waals surface area contributed by atoms with E-state index in [-0.39, 0.29) is 12.5 Å². The highest BCUT2D eigenvalue weighted by molar-refractivity contribution is 5.99. The Balaban J connectivity index is 1.40. The van der Waals surface area contributed by atoms with Gasteiger partial charge in [0.25, 0.3) is 5.91 Å². The van der Waals surface area contributed by atoms with E-state index < -0.39 is 41.9 Å². The summed E-state index contributed by atoms with van der Waals surface area (Å²) in [5.74, 6) is -8.49. The van der Waals surface area contributed by atoms with Gasteiger partial charge in [-0.25, -0.2) is 14.2 Å². The van der Waals surface area contributed by atoms with Gasteiger partial charge in [-0.2, -0.15) is 8.78 Å². The number of benzene rings is 2. The number of hydrogen-bond donors (Lipinski definition) is 3. The van der Waals surface area contributed by atoms with E-state index in [1.54, 1.807) is 5.32 Å². The molecule has 0 aliphatic heterocycles. The van der Waals surface area contributed by atoms with Crippen molar-refractivity contribution >= 4 is 23.8 Å². The van der Waals surface area contributed by atoms with Crippen LogP contribution < -0.4 is 10.6 Å². The highest BCUT2D eigenvalue weighted by Gasteiger charge is 2.39. The third-order valence-electron chi connectivity index (χ3n) is 5.05. The van der Waals surface area contributed by atoms with Crippen molar-refractivity contribution in [3.63, 3.8) is 0 Å². The molecule has 10 nitrogen and oxygen atoms in total. The zero-order chi connectivity index (χ0) is 23.6. The summed E-state index contributed by atoms with van der Waals surface area (Å²) in [5.41, 5.74) is 3.45. The molecule has 1 aliphatic carbocycles. The van der Waals surface area contributed by atoms with Crippen molar-refractivity contribution < 1.29 is 37.6 Å². The molecule has 0 saturated heterocycles. The number of nitrogens with one attached hydrogen (secondary N) is 2. The standard InChI is InChI=1S/C21H16F2N4O6/c22-21(23,19(29)30)10-24-18(28)16-17(27-33-26-16)25-20(31)32-9-15-13-7-3-1-5-11(13)12-6-2-4-8-14(12)15/h1-8,15H,9-10H2,(H,24,28)(H,29,30)(H,25,27,31). The lowest BCUT2D eigenvalue weighted by atomic mass is 9.98. The first-order chi connectivity index (χ1) is 15.8. The Morgan fingerprint density at radius 1 is 1.03 bits per heavy atom. The molecule has 3 N–H and O–H groups in total. The Bertz CT molecular complexity index is 1180. The molecule has 0 radical (unpaired) electrons. The van der Waals surface area contributed by atoms with Gasteiger partial charge in [-0.15, -0.1) is 0 Å². The molecule has 0 saturated carbocycles. The number of aromatic nitrogens is 2. The van der Waals surface area contributed by atoms with Gasteiger partial charge in [0, 0.05) is 5.92 Å². The fourth-order valence-electron chi connectivity index (χ4n) is 3.50. The number of aliphatic carboxylic acids is 1. The van der Waals surface area contributed by atoms with Crippen LogP contribution in [0.5, 0.6) is 0 Å². The van der Waals surface area contributed by atoms with Crippen LogP contribution in [0.2, 0.25) is 0 Å². The first-order valence-corrected chi connectivity index (χ1v) is 9.62. The summed E-state index contributed by atoms with van der Waals surface area (Å²) in [6.07, 6.45) is -0.975. The Hall–Kier alpha value is -4.35. The van der Waals surface area contributed by atoms with Gasteiger partial charge in [0.2, 0.25) is 11.5 Å². The van der Waals surface area contributed by atoms with Crippen molar-refractivity contribution in [2.75, 3.05) is 18.5 Å². The summed E-state index contributed by atoms with van der Waals surface area (Å²) in [6, 6.07) is 15.5. The summed E-state index contributed by atoms with van der Waals surface area (Å²) in [6.45, 7) is -1.50. The molecule has 1 heterocycles. The molecule has 0 unspecified atom stereocenters. The van der Waals surface area contributed by atoms with Gasteiger partial charge in [0.15, 0.2) is 0 Å². The van der Waals surface area contributed by atoms with Gasteiger partial charge in [-0.3, -0.25) is 10.1 Å². The van der Waals surface area contributed by atoms with Gasteiger partial charge in [-0.1, -0.05) is 48.5 Å². The number of hydrogen-bond acceptors (Lipinski definition) is 7. The van der Waals surface area contributed by atoms with E-state index >= 15 is 0 Å². The summed E-state index contributed by atoms with van der Waals surface area (Å²) in [5, 5.41) is 18.9. The van der Waals surface area contributed by atoms with Crippen molar-refractivity contribution in [2.24, 2.45) is 0 Å². The molecule has 33 heavy (non-hydrogen) atoms. The number of carbonyl (C=O) groups excluding carboxylic acids is 2. The number of anilines is 1. The van der Waals surface area contributed by atoms with E-state index in [1.165, 1.54) is 0 Å². The van der Waals surface area contributed by atoms with E-state index in [0.717, 1.165) is 22.3 Å². The van der Waals surface area contributed by atoms with Gasteiger partial charge < -0.3 is 15.2 Å². The van der Waals surface area contributed by atoms with Gasteiger partial charge in [0.1, 0.15) is 6.61 Å². The molecule has 170 valence electrons. The SMILES string of the molecule is O=C(Nc1nonc1C(=O)NCC(F)(F)C(=O)O)OCC1c2ccccc2-c2ccccc21. The van der Waals surface area contributed by atoms with Crippen LogP contribution in [0.1, 0.15) is 27.5 Å². The molecule has 2 amide bonds. The number of nitrogens with zero attached hydrogens (tertiary/aromatic N) is 2. The van der Waals surface area contributed by atoms with Gasteiger partial charge >= 0.3 is 18.0 Å². The van der Waals surface area contributed by atoms with Crippen LogP contribution >= 0.6 is 0 Å². The maximum absolute atomic E-state index is 13.2. The van der Waals surface area contributed by atoms with Crippen molar-refractivity contribution in [3.8, 4) is 11.1 Å². The third kappa shape index (κ3) is 4.35. The minimum Gasteiger partial charge on any atom is -0.477 e. The zero-order valence-corrected chi connectivity index (χ0v) is 16.7. The van der Waals surface area contributed by atoms with Crippen molar-refractivity contribution in [1.29, 1.82) is 0 Å². The molecule has 0 fully saturated rings. The Labute approximate surface area is 184 Å². The third-order valence-corrected chi connectivity index (χ3v) is 5.05. The predicted molar refractivity (Wildman–Crippen MR) is 108 cm³/mol. The summed E-state index contributed by atoms with van der Waals surface area (Å²) < 4.78 is 36.0. The molecule has 0 spiro atoms. The first-order valence-electron chi connectivity index (χ1n) is 9.62. The Kier molecular flexibility index (Phi) is 5.73. The van der Waals surface area contributed by atoms with Crippen LogP contribution in [-0.2, 0) is 9.53 Å². The normalized spacial score (nSPS) is 12.5. The molecule has 3 aromatic rings. The number of alkyl halides is 2. The number of ether oxygens (including phenoxy) is 1. The monoisotopic (exact) mass is 458 g/mol. The summed E-state index contributed by atoms with van der Waals surface area (Å²) >= 11 is 0. The second kappa shape index (κ2) is 8.65. The van der Waals surface area contributed by atoms with Crippen LogP contribution in [0.25, 0.3) is 11.1 Å². The molecule has 1 aliphatic rings. The van der Waals surface area contributed by atoms with Crippen LogP contribution in [0.3, 0.4) is 0 Å². The fraction of sp³-hybridized carbons (Fsp3) is 0.190. The minimum absolute atomic E-state index is 0.0164. The lowest BCUT2D eigenvalue weighted by Gasteiger charge is -2.14. The quantitative estimate of drug-likeness (QED) is 0.490. The lowest BCUT2D eigenvalue weighted by Crippen LogP contribution is -2.42. The highest BCUT2D eigenvalue weighted by Crippen LogP contribution is 2.44. The molecular weight excluding hydrogens is 442 g/mol.